The van der Waals surface area contributed by atoms with E-state index in [1.54, 1.807) is 19.1 Å². The van der Waals surface area contributed by atoms with E-state index < -0.39 is 5.97 Å². The largest absolute Gasteiger partial charge is 0.462 e. The van der Waals surface area contributed by atoms with Gasteiger partial charge in [-0.1, -0.05) is 0 Å². The highest BCUT2D eigenvalue weighted by Gasteiger charge is 2.32. The smallest absolute Gasteiger partial charge is 0.338 e. The summed E-state index contributed by atoms with van der Waals surface area (Å²) in [5, 5.41) is 9.31. The Morgan fingerprint density at radius 3 is 2.90 bits per heavy atom. The minimum atomic E-state index is -0.447. The molecule has 1 fully saturated rings. The van der Waals surface area contributed by atoms with Crippen molar-refractivity contribution in [3.63, 3.8) is 0 Å². The van der Waals surface area contributed by atoms with Crippen molar-refractivity contribution in [1.29, 1.82) is 0 Å². The number of ether oxygens (including phenoxy) is 1. The van der Waals surface area contributed by atoms with E-state index in [9.17, 15) is 14.7 Å². The van der Waals surface area contributed by atoms with Crippen LogP contribution in [0.2, 0.25) is 0 Å². The van der Waals surface area contributed by atoms with E-state index in [0.717, 1.165) is 0 Å². The van der Waals surface area contributed by atoms with Crippen LogP contribution in [0.15, 0.2) is 18.2 Å². The highest BCUT2D eigenvalue weighted by molar-refractivity contribution is 6.00. The van der Waals surface area contributed by atoms with Crippen LogP contribution in [0.3, 0.4) is 0 Å². The number of benzene rings is 1. The maximum absolute atomic E-state index is 11.9. The van der Waals surface area contributed by atoms with Crippen molar-refractivity contribution in [2.24, 2.45) is 0 Å². The van der Waals surface area contributed by atoms with Gasteiger partial charge in [-0.25, -0.2) is 4.79 Å². The van der Waals surface area contributed by atoms with Gasteiger partial charge in [0.2, 0.25) is 5.91 Å². The summed E-state index contributed by atoms with van der Waals surface area (Å²) in [6, 6.07) is 4.43. The van der Waals surface area contributed by atoms with E-state index in [2.05, 4.69) is 0 Å². The van der Waals surface area contributed by atoms with E-state index in [1.807, 2.05) is 0 Å². The Hall–Kier alpha value is -2.08. The van der Waals surface area contributed by atoms with Crippen molar-refractivity contribution >= 4 is 23.3 Å². The molecule has 20 heavy (non-hydrogen) atoms. The van der Waals surface area contributed by atoms with Crippen molar-refractivity contribution in [3.05, 3.63) is 23.8 Å². The van der Waals surface area contributed by atoms with E-state index in [0.29, 0.717) is 29.8 Å². The van der Waals surface area contributed by atoms with Crippen LogP contribution in [-0.2, 0) is 9.53 Å². The number of aliphatic hydroxyl groups excluding tert-OH is 1. The molecular formula is C14H18N2O4. The fraction of sp³-hybridized carbons (Fsp3) is 0.429. The molecule has 0 bridgehead atoms. The number of anilines is 2. The molecule has 2 rings (SSSR count). The maximum atomic E-state index is 11.9. The lowest BCUT2D eigenvalue weighted by Crippen LogP contribution is -2.35. The summed E-state index contributed by atoms with van der Waals surface area (Å²) < 4.78 is 4.90. The van der Waals surface area contributed by atoms with Gasteiger partial charge < -0.3 is 20.5 Å². The lowest BCUT2D eigenvalue weighted by atomic mass is 10.1. The molecule has 0 aromatic heterocycles. The van der Waals surface area contributed by atoms with E-state index in [-0.39, 0.29) is 25.2 Å². The topological polar surface area (TPSA) is 92.9 Å². The number of nitrogens with two attached hydrogens (primary N) is 1. The van der Waals surface area contributed by atoms with E-state index in [1.165, 1.54) is 11.0 Å². The minimum absolute atomic E-state index is 0.0698. The lowest BCUT2D eigenvalue weighted by Gasteiger charge is -2.24. The molecule has 1 aromatic carbocycles. The quantitative estimate of drug-likeness (QED) is 0.631. The third-order valence-corrected chi connectivity index (χ3v) is 3.33. The second kappa shape index (κ2) is 5.92. The second-order valence-electron chi connectivity index (χ2n) is 4.63. The zero-order valence-electron chi connectivity index (χ0n) is 11.3. The summed E-state index contributed by atoms with van der Waals surface area (Å²) in [6.45, 7) is 1.91. The average Bonchev–Trinajstić information content (AvgIpc) is 2.80. The molecule has 6 heteroatoms. The lowest BCUT2D eigenvalue weighted by molar-refractivity contribution is -0.117. The van der Waals surface area contributed by atoms with Gasteiger partial charge in [-0.3, -0.25) is 4.79 Å². The Morgan fingerprint density at radius 1 is 1.55 bits per heavy atom. The molecule has 3 N–H and O–H groups in total. The number of hydrogen-bond acceptors (Lipinski definition) is 5. The minimum Gasteiger partial charge on any atom is -0.462 e. The molecule has 0 saturated carbocycles. The predicted octanol–water partition coefficient (Wildman–Crippen LogP) is 0.933. The zero-order valence-corrected chi connectivity index (χ0v) is 11.3. The number of hydrogen-bond donors (Lipinski definition) is 2. The third kappa shape index (κ3) is 2.60. The number of carbonyl (C=O) groups is 2. The second-order valence-corrected chi connectivity index (χ2v) is 4.63. The molecular weight excluding hydrogens is 260 g/mol. The van der Waals surface area contributed by atoms with Crippen molar-refractivity contribution in [2.75, 3.05) is 23.8 Å². The Morgan fingerprint density at radius 2 is 2.30 bits per heavy atom. The SMILES string of the molecule is CCOC(=O)c1ccc(N2C(=O)CCC2CO)c(N)c1. The van der Waals surface area contributed by atoms with Crippen LogP contribution in [0.1, 0.15) is 30.1 Å². The van der Waals surface area contributed by atoms with Crippen LogP contribution in [-0.4, -0.2) is 36.2 Å². The average molecular weight is 278 g/mol. The first-order valence-electron chi connectivity index (χ1n) is 6.58. The standard InChI is InChI=1S/C14H18N2O4/c1-2-20-14(19)9-3-5-12(11(15)7-9)16-10(8-17)4-6-13(16)18/h3,5,7,10,17H,2,4,6,8,15H2,1H3. The first-order chi connectivity index (χ1) is 9.58. The van der Waals surface area contributed by atoms with Crippen LogP contribution in [0, 0.1) is 0 Å². The van der Waals surface area contributed by atoms with Gasteiger partial charge in [-0.2, -0.15) is 0 Å². The number of nitrogen functional groups attached to an aromatic ring is 1. The summed E-state index contributed by atoms with van der Waals surface area (Å²) in [5.41, 5.74) is 7.13. The Balaban J connectivity index is 2.30. The van der Waals surface area contributed by atoms with E-state index >= 15 is 0 Å². The van der Waals surface area contributed by atoms with Gasteiger partial charge in [0.25, 0.3) is 0 Å². The summed E-state index contributed by atoms with van der Waals surface area (Å²) >= 11 is 0. The first-order valence-corrected chi connectivity index (χ1v) is 6.58. The molecule has 1 aliphatic rings. The van der Waals surface area contributed by atoms with Gasteiger partial charge in [-0.15, -0.1) is 0 Å². The van der Waals surface area contributed by atoms with Gasteiger partial charge in [0.15, 0.2) is 0 Å². The Bertz CT molecular complexity index is 530. The predicted molar refractivity (Wildman–Crippen MR) is 74.4 cm³/mol. The summed E-state index contributed by atoms with van der Waals surface area (Å²) in [5.74, 6) is -0.517. The number of nitrogens with zero attached hydrogens (tertiary/aromatic N) is 1. The van der Waals surface area contributed by atoms with Crippen LogP contribution in [0.25, 0.3) is 0 Å². The van der Waals surface area contributed by atoms with Gasteiger partial charge in [-0.05, 0) is 31.5 Å². The van der Waals surface area contributed by atoms with Crippen LogP contribution in [0.4, 0.5) is 11.4 Å². The summed E-state index contributed by atoms with van der Waals surface area (Å²) in [6.07, 6.45) is 0.999. The number of aliphatic hydroxyl groups is 1. The van der Waals surface area contributed by atoms with E-state index in [4.69, 9.17) is 10.5 Å². The van der Waals surface area contributed by atoms with Crippen molar-refractivity contribution in [2.45, 2.75) is 25.8 Å². The third-order valence-electron chi connectivity index (χ3n) is 3.33. The molecule has 1 atom stereocenters. The van der Waals surface area contributed by atoms with Gasteiger partial charge in [0.05, 0.1) is 36.2 Å². The van der Waals surface area contributed by atoms with Crippen LogP contribution in [0.5, 0.6) is 0 Å². The van der Waals surface area contributed by atoms with Crippen molar-refractivity contribution in [3.8, 4) is 0 Å². The van der Waals surface area contributed by atoms with Crippen LogP contribution >= 0.6 is 0 Å². The van der Waals surface area contributed by atoms with Crippen LogP contribution < -0.4 is 10.6 Å². The number of esters is 1. The molecule has 108 valence electrons. The Labute approximate surface area is 117 Å². The normalized spacial score (nSPS) is 18.4. The molecule has 0 spiro atoms. The van der Waals surface area contributed by atoms with Gasteiger partial charge in [0.1, 0.15) is 0 Å². The molecule has 1 saturated heterocycles. The first kappa shape index (κ1) is 14.3. The maximum Gasteiger partial charge on any atom is 0.338 e. The van der Waals surface area contributed by atoms with Gasteiger partial charge >= 0.3 is 5.97 Å². The Kier molecular flexibility index (Phi) is 4.24. The summed E-state index contributed by atoms with van der Waals surface area (Å²) in [7, 11) is 0. The van der Waals surface area contributed by atoms with Crippen molar-refractivity contribution < 1.29 is 19.4 Å². The molecule has 0 radical (unpaired) electrons. The van der Waals surface area contributed by atoms with Gasteiger partial charge in [0, 0.05) is 6.42 Å². The molecule has 1 unspecified atom stereocenters. The fourth-order valence-corrected chi connectivity index (χ4v) is 2.36. The monoisotopic (exact) mass is 278 g/mol. The molecule has 6 nitrogen and oxygen atoms in total. The highest BCUT2D eigenvalue weighted by atomic mass is 16.5. The summed E-state index contributed by atoms with van der Waals surface area (Å²) in [4.78, 5) is 25.0. The molecule has 1 amide bonds. The number of amides is 1. The molecule has 1 heterocycles. The van der Waals surface area contributed by atoms with Crippen molar-refractivity contribution in [1.82, 2.24) is 0 Å². The fourth-order valence-electron chi connectivity index (χ4n) is 2.36. The zero-order chi connectivity index (χ0) is 14.7. The molecule has 1 aliphatic heterocycles. The number of rotatable bonds is 4. The molecule has 0 aliphatic carbocycles. The number of carbonyl (C=O) groups excluding carboxylic acids is 2. The molecule has 1 aromatic rings. The highest BCUT2D eigenvalue weighted by Crippen LogP contribution is 2.31.